The summed E-state index contributed by atoms with van der Waals surface area (Å²) >= 11 is 1.77. The lowest BCUT2D eigenvalue weighted by molar-refractivity contribution is 0.00578. The lowest BCUT2D eigenvalue weighted by atomic mass is 9.75. The van der Waals surface area contributed by atoms with Crippen molar-refractivity contribution in [1.82, 2.24) is 0 Å². The molecule has 0 atom stereocenters. The minimum Gasteiger partial charge on any atom is -0.399 e. The number of hydrogen-bond acceptors (Lipinski definition) is 3. The Kier molecular flexibility index (Phi) is 3.83. The standard InChI is InChI=1S/C18H23BO2S/c1-12-10-13-8-7-9-15(22-6)16(13)14(11-12)19-20-17(2,3)18(4,5)21-19/h7-11H,1-6H3. The third-order valence-corrected chi connectivity index (χ3v) is 5.62. The number of rotatable bonds is 2. The molecule has 1 fully saturated rings. The molecule has 3 rings (SSSR count). The van der Waals surface area contributed by atoms with Gasteiger partial charge in [0.15, 0.2) is 0 Å². The van der Waals surface area contributed by atoms with Gasteiger partial charge in [-0.15, -0.1) is 11.8 Å². The van der Waals surface area contributed by atoms with Crippen LogP contribution < -0.4 is 5.46 Å². The van der Waals surface area contributed by atoms with E-state index in [0.717, 1.165) is 5.46 Å². The number of hydrogen-bond donors (Lipinski definition) is 0. The molecule has 1 heterocycles. The quantitative estimate of drug-likeness (QED) is 0.612. The Hall–Kier alpha value is -0.965. The first-order chi connectivity index (χ1) is 10.2. The Morgan fingerprint density at radius 1 is 1.00 bits per heavy atom. The Morgan fingerprint density at radius 2 is 1.64 bits per heavy atom. The zero-order chi connectivity index (χ0) is 16.1. The van der Waals surface area contributed by atoms with Gasteiger partial charge >= 0.3 is 7.12 Å². The van der Waals surface area contributed by atoms with Crippen LogP contribution in [0.15, 0.2) is 35.2 Å². The summed E-state index contributed by atoms with van der Waals surface area (Å²) in [6.45, 7) is 10.5. The molecule has 1 saturated heterocycles. The van der Waals surface area contributed by atoms with Gasteiger partial charge in [0.05, 0.1) is 11.2 Å². The average Bonchev–Trinajstić information content (AvgIpc) is 2.65. The van der Waals surface area contributed by atoms with E-state index in [1.165, 1.54) is 21.2 Å². The van der Waals surface area contributed by atoms with E-state index < -0.39 is 0 Å². The minimum atomic E-state index is -0.319. The second-order valence-electron chi connectivity index (χ2n) is 7.00. The third-order valence-electron chi connectivity index (χ3n) is 4.84. The molecule has 1 aliphatic heterocycles. The Labute approximate surface area is 137 Å². The van der Waals surface area contributed by atoms with E-state index in [1.54, 1.807) is 11.8 Å². The smallest absolute Gasteiger partial charge is 0.399 e. The molecule has 0 saturated carbocycles. The van der Waals surface area contributed by atoms with Gasteiger partial charge in [-0.25, -0.2) is 0 Å². The van der Waals surface area contributed by atoms with Crippen LogP contribution in [0.25, 0.3) is 10.8 Å². The highest BCUT2D eigenvalue weighted by Crippen LogP contribution is 2.37. The first-order valence-electron chi connectivity index (χ1n) is 7.68. The summed E-state index contributed by atoms with van der Waals surface area (Å²) in [5.41, 5.74) is 1.73. The molecular weight excluding hydrogens is 291 g/mol. The number of benzene rings is 2. The van der Waals surface area contributed by atoms with Crippen molar-refractivity contribution in [3.05, 3.63) is 35.9 Å². The van der Waals surface area contributed by atoms with Crippen LogP contribution in [-0.2, 0) is 9.31 Å². The molecule has 116 valence electrons. The first kappa shape index (κ1) is 15.9. The number of fused-ring (bicyclic) bond motifs is 1. The molecule has 0 bridgehead atoms. The summed E-state index contributed by atoms with van der Waals surface area (Å²) in [6, 6.07) is 10.9. The predicted molar refractivity (Wildman–Crippen MR) is 96.2 cm³/mol. The molecule has 2 aromatic carbocycles. The fourth-order valence-corrected chi connectivity index (χ4v) is 3.56. The summed E-state index contributed by atoms with van der Waals surface area (Å²) in [7, 11) is -0.319. The normalized spacial score (nSPS) is 19.8. The maximum absolute atomic E-state index is 6.28. The molecule has 0 N–H and O–H groups in total. The molecule has 0 unspecified atom stereocenters. The fourth-order valence-electron chi connectivity index (χ4n) is 2.91. The molecule has 22 heavy (non-hydrogen) atoms. The summed E-state index contributed by atoms with van der Waals surface area (Å²) in [4.78, 5) is 1.27. The molecule has 0 aromatic heterocycles. The van der Waals surface area contributed by atoms with E-state index in [9.17, 15) is 0 Å². The second-order valence-corrected chi connectivity index (χ2v) is 7.85. The van der Waals surface area contributed by atoms with Crippen LogP contribution >= 0.6 is 11.8 Å². The van der Waals surface area contributed by atoms with Gasteiger partial charge < -0.3 is 9.31 Å². The second kappa shape index (κ2) is 5.29. The highest BCUT2D eigenvalue weighted by atomic mass is 32.2. The third kappa shape index (κ3) is 2.47. The van der Waals surface area contributed by atoms with Crippen molar-refractivity contribution in [3.8, 4) is 0 Å². The van der Waals surface area contributed by atoms with Crippen LogP contribution in [0, 0.1) is 6.92 Å². The molecule has 0 aliphatic carbocycles. The van der Waals surface area contributed by atoms with E-state index in [-0.39, 0.29) is 18.3 Å². The van der Waals surface area contributed by atoms with Crippen LogP contribution in [0.5, 0.6) is 0 Å². The highest BCUT2D eigenvalue weighted by Gasteiger charge is 2.52. The van der Waals surface area contributed by atoms with Gasteiger partial charge in [-0.1, -0.05) is 29.8 Å². The lowest BCUT2D eigenvalue weighted by Crippen LogP contribution is -2.41. The Bertz CT molecular complexity index is 708. The van der Waals surface area contributed by atoms with Crippen LogP contribution in [0.1, 0.15) is 33.3 Å². The largest absolute Gasteiger partial charge is 0.495 e. The summed E-state index contributed by atoms with van der Waals surface area (Å²) in [6.07, 6.45) is 2.11. The first-order valence-corrected chi connectivity index (χ1v) is 8.90. The van der Waals surface area contributed by atoms with Gasteiger partial charge in [0, 0.05) is 4.90 Å². The molecule has 0 spiro atoms. The van der Waals surface area contributed by atoms with Crippen molar-refractivity contribution in [2.24, 2.45) is 0 Å². The van der Waals surface area contributed by atoms with Crippen molar-refractivity contribution >= 4 is 35.1 Å². The monoisotopic (exact) mass is 314 g/mol. The fraction of sp³-hybridized carbons (Fsp3) is 0.444. The maximum atomic E-state index is 6.28. The van der Waals surface area contributed by atoms with E-state index in [2.05, 4.69) is 71.2 Å². The van der Waals surface area contributed by atoms with Crippen molar-refractivity contribution in [3.63, 3.8) is 0 Å². The Morgan fingerprint density at radius 3 is 2.23 bits per heavy atom. The van der Waals surface area contributed by atoms with Gasteiger partial charge in [0.2, 0.25) is 0 Å². The van der Waals surface area contributed by atoms with E-state index >= 15 is 0 Å². The van der Waals surface area contributed by atoms with Crippen LogP contribution in [0.3, 0.4) is 0 Å². The van der Waals surface area contributed by atoms with Crippen molar-refractivity contribution in [2.45, 2.75) is 50.7 Å². The van der Waals surface area contributed by atoms with Crippen molar-refractivity contribution in [1.29, 1.82) is 0 Å². The Balaban J connectivity index is 2.19. The molecule has 2 nitrogen and oxygen atoms in total. The predicted octanol–water partition coefficient (Wildman–Crippen LogP) is 4.17. The summed E-state index contributed by atoms with van der Waals surface area (Å²) in [5, 5.41) is 2.50. The molecular formula is C18H23BO2S. The molecule has 2 aromatic rings. The maximum Gasteiger partial charge on any atom is 0.495 e. The van der Waals surface area contributed by atoms with E-state index in [4.69, 9.17) is 9.31 Å². The minimum absolute atomic E-state index is 0.317. The van der Waals surface area contributed by atoms with Gasteiger partial charge in [0.1, 0.15) is 0 Å². The van der Waals surface area contributed by atoms with Gasteiger partial charge in [-0.2, -0.15) is 0 Å². The zero-order valence-electron chi connectivity index (χ0n) is 14.2. The van der Waals surface area contributed by atoms with Crippen LogP contribution in [0.4, 0.5) is 0 Å². The van der Waals surface area contributed by atoms with Crippen LogP contribution in [0.2, 0.25) is 0 Å². The van der Waals surface area contributed by atoms with Gasteiger partial charge in [-0.05, 0) is 63.2 Å². The van der Waals surface area contributed by atoms with Crippen molar-refractivity contribution in [2.75, 3.05) is 6.26 Å². The van der Waals surface area contributed by atoms with Crippen LogP contribution in [-0.4, -0.2) is 24.6 Å². The SMILES string of the molecule is CSc1cccc2cc(C)cc(B3OC(C)(C)C(C)(C)O3)c12. The molecule has 4 heteroatoms. The molecule has 0 radical (unpaired) electrons. The summed E-state index contributed by atoms with van der Waals surface area (Å²) < 4.78 is 12.6. The number of aryl methyl sites for hydroxylation is 1. The topological polar surface area (TPSA) is 18.5 Å². The zero-order valence-corrected chi connectivity index (χ0v) is 15.0. The molecule has 0 amide bonds. The summed E-state index contributed by atoms with van der Waals surface area (Å²) in [5.74, 6) is 0. The van der Waals surface area contributed by atoms with E-state index in [0.29, 0.717) is 0 Å². The molecule has 1 aliphatic rings. The van der Waals surface area contributed by atoms with Gasteiger partial charge in [0.25, 0.3) is 0 Å². The van der Waals surface area contributed by atoms with E-state index in [1.807, 2.05) is 0 Å². The number of thioether (sulfide) groups is 1. The highest BCUT2D eigenvalue weighted by molar-refractivity contribution is 7.98. The van der Waals surface area contributed by atoms with Gasteiger partial charge in [-0.3, -0.25) is 0 Å². The average molecular weight is 314 g/mol. The van der Waals surface area contributed by atoms with Crippen molar-refractivity contribution < 1.29 is 9.31 Å². The lowest BCUT2D eigenvalue weighted by Gasteiger charge is -2.32.